The normalized spacial score (nSPS) is 11.2. The summed E-state index contributed by atoms with van der Waals surface area (Å²) in [6.07, 6.45) is 0. The maximum absolute atomic E-state index is 2.34. The Hall–Kier alpha value is -4.10. The van der Waals surface area contributed by atoms with Gasteiger partial charge in [-0.2, -0.15) is 0 Å². The molecule has 0 unspecified atom stereocenters. The first-order chi connectivity index (χ1) is 15.4. The van der Waals surface area contributed by atoms with E-state index in [1.807, 2.05) is 0 Å². The van der Waals surface area contributed by atoms with Gasteiger partial charge in [-0.1, -0.05) is 84.9 Å². The SMILES string of the molecule is c1ccc(N(c2ccccc2)c2cccc3c2ccc2cc4ccccc4cc23)cc1. The van der Waals surface area contributed by atoms with Crippen LogP contribution >= 0.6 is 0 Å². The summed E-state index contributed by atoms with van der Waals surface area (Å²) in [5, 5.41) is 7.64. The summed E-state index contributed by atoms with van der Waals surface area (Å²) < 4.78 is 0. The highest BCUT2D eigenvalue weighted by Gasteiger charge is 2.15. The third-order valence-electron chi connectivity index (χ3n) is 5.99. The minimum absolute atomic E-state index is 1.15. The Morgan fingerprint density at radius 1 is 0.355 bits per heavy atom. The molecule has 0 aromatic heterocycles. The molecular weight excluding hydrogens is 374 g/mol. The second kappa shape index (κ2) is 7.30. The van der Waals surface area contributed by atoms with Crippen molar-refractivity contribution in [2.45, 2.75) is 0 Å². The quantitative estimate of drug-likeness (QED) is 0.214. The first kappa shape index (κ1) is 17.7. The van der Waals surface area contributed by atoms with Crippen molar-refractivity contribution < 1.29 is 0 Å². The smallest absolute Gasteiger partial charge is 0.0540 e. The van der Waals surface area contributed by atoms with Crippen molar-refractivity contribution in [1.29, 1.82) is 0 Å². The fourth-order valence-corrected chi connectivity index (χ4v) is 4.54. The molecule has 6 rings (SSSR count). The molecule has 6 aromatic rings. The Bertz CT molecular complexity index is 1480. The minimum Gasteiger partial charge on any atom is -0.310 e. The van der Waals surface area contributed by atoms with Crippen LogP contribution in [0.3, 0.4) is 0 Å². The van der Waals surface area contributed by atoms with Gasteiger partial charge in [0.1, 0.15) is 0 Å². The predicted molar refractivity (Wildman–Crippen MR) is 134 cm³/mol. The van der Waals surface area contributed by atoms with Crippen molar-refractivity contribution in [2.24, 2.45) is 0 Å². The molecule has 0 radical (unpaired) electrons. The second-order valence-corrected chi connectivity index (χ2v) is 7.86. The van der Waals surface area contributed by atoms with E-state index < -0.39 is 0 Å². The van der Waals surface area contributed by atoms with Crippen molar-refractivity contribution >= 4 is 49.4 Å². The number of hydrogen-bond donors (Lipinski definition) is 0. The van der Waals surface area contributed by atoms with Crippen LogP contribution < -0.4 is 4.90 Å². The van der Waals surface area contributed by atoms with Crippen LogP contribution in [-0.4, -0.2) is 0 Å². The molecule has 0 saturated carbocycles. The largest absolute Gasteiger partial charge is 0.310 e. The van der Waals surface area contributed by atoms with E-state index in [1.165, 1.54) is 38.0 Å². The van der Waals surface area contributed by atoms with E-state index in [2.05, 4.69) is 132 Å². The van der Waals surface area contributed by atoms with Gasteiger partial charge in [0.2, 0.25) is 0 Å². The van der Waals surface area contributed by atoms with Gasteiger partial charge in [0.25, 0.3) is 0 Å². The highest BCUT2D eigenvalue weighted by atomic mass is 15.1. The van der Waals surface area contributed by atoms with Gasteiger partial charge >= 0.3 is 0 Å². The van der Waals surface area contributed by atoms with Crippen molar-refractivity contribution in [1.82, 2.24) is 0 Å². The summed E-state index contributed by atoms with van der Waals surface area (Å²) in [6, 6.07) is 45.5. The van der Waals surface area contributed by atoms with E-state index in [0.29, 0.717) is 0 Å². The van der Waals surface area contributed by atoms with Crippen LogP contribution in [0.15, 0.2) is 127 Å². The second-order valence-electron chi connectivity index (χ2n) is 7.86. The lowest BCUT2D eigenvalue weighted by Crippen LogP contribution is -2.10. The number of fused-ring (bicyclic) bond motifs is 4. The summed E-state index contributed by atoms with van der Waals surface area (Å²) in [7, 11) is 0. The van der Waals surface area contributed by atoms with Gasteiger partial charge in [-0.25, -0.2) is 0 Å². The number of benzene rings is 6. The molecule has 146 valence electrons. The molecule has 0 heterocycles. The van der Waals surface area contributed by atoms with Crippen molar-refractivity contribution in [3.05, 3.63) is 127 Å². The third-order valence-corrected chi connectivity index (χ3v) is 5.99. The Balaban J connectivity index is 1.66. The summed E-state index contributed by atoms with van der Waals surface area (Å²) >= 11 is 0. The van der Waals surface area contributed by atoms with Gasteiger partial charge in [-0.3, -0.25) is 0 Å². The summed E-state index contributed by atoms with van der Waals surface area (Å²) in [5.74, 6) is 0. The predicted octanol–water partition coefficient (Wildman–Crippen LogP) is 8.62. The zero-order valence-electron chi connectivity index (χ0n) is 17.1. The molecule has 0 aliphatic carbocycles. The Labute approximate surface area is 181 Å². The molecule has 0 atom stereocenters. The number of hydrogen-bond acceptors (Lipinski definition) is 1. The molecule has 31 heavy (non-hydrogen) atoms. The lowest BCUT2D eigenvalue weighted by atomic mass is 9.97. The third kappa shape index (κ3) is 3.03. The average Bonchev–Trinajstić information content (AvgIpc) is 2.84. The van der Waals surface area contributed by atoms with E-state index >= 15 is 0 Å². The monoisotopic (exact) mass is 395 g/mol. The topological polar surface area (TPSA) is 3.24 Å². The first-order valence-corrected chi connectivity index (χ1v) is 10.6. The van der Waals surface area contributed by atoms with Gasteiger partial charge in [0, 0.05) is 16.8 Å². The molecule has 1 heteroatoms. The van der Waals surface area contributed by atoms with Gasteiger partial charge in [0.05, 0.1) is 5.69 Å². The average molecular weight is 396 g/mol. The summed E-state index contributed by atoms with van der Waals surface area (Å²) in [6.45, 7) is 0. The van der Waals surface area contributed by atoms with Crippen LogP contribution in [-0.2, 0) is 0 Å². The molecule has 0 fully saturated rings. The van der Waals surface area contributed by atoms with Crippen LogP contribution in [0.2, 0.25) is 0 Å². The van der Waals surface area contributed by atoms with Crippen LogP contribution in [0, 0.1) is 0 Å². The molecule has 0 aliphatic rings. The highest BCUT2D eigenvalue weighted by molar-refractivity contribution is 6.15. The molecule has 0 N–H and O–H groups in total. The number of nitrogens with zero attached hydrogens (tertiary/aromatic N) is 1. The van der Waals surface area contributed by atoms with Crippen LogP contribution in [0.25, 0.3) is 32.3 Å². The standard InChI is InChI=1S/C30H21N/c1-3-12-25(13-4-1)31(26-14-5-2-6-15-26)30-17-9-16-27-28(30)19-18-24-20-22-10-7-8-11-23(22)21-29(24)27/h1-21H. The highest BCUT2D eigenvalue weighted by Crippen LogP contribution is 2.40. The first-order valence-electron chi connectivity index (χ1n) is 10.6. The zero-order valence-corrected chi connectivity index (χ0v) is 17.1. The van der Waals surface area contributed by atoms with Gasteiger partial charge in [-0.15, -0.1) is 0 Å². The molecule has 0 bridgehead atoms. The zero-order chi connectivity index (χ0) is 20.6. The summed E-state index contributed by atoms with van der Waals surface area (Å²) in [4.78, 5) is 2.34. The molecule has 6 aromatic carbocycles. The Morgan fingerprint density at radius 3 is 1.65 bits per heavy atom. The van der Waals surface area contributed by atoms with E-state index in [9.17, 15) is 0 Å². The van der Waals surface area contributed by atoms with Crippen LogP contribution in [0.4, 0.5) is 17.1 Å². The molecule has 0 aliphatic heterocycles. The molecule has 0 saturated heterocycles. The van der Waals surface area contributed by atoms with Crippen molar-refractivity contribution in [3.63, 3.8) is 0 Å². The lowest BCUT2D eigenvalue weighted by molar-refractivity contribution is 1.30. The maximum atomic E-state index is 2.34. The van der Waals surface area contributed by atoms with E-state index in [-0.39, 0.29) is 0 Å². The number of anilines is 3. The number of rotatable bonds is 3. The van der Waals surface area contributed by atoms with E-state index in [1.54, 1.807) is 0 Å². The van der Waals surface area contributed by atoms with Crippen molar-refractivity contribution in [3.8, 4) is 0 Å². The van der Waals surface area contributed by atoms with E-state index in [0.717, 1.165) is 11.4 Å². The van der Waals surface area contributed by atoms with Gasteiger partial charge < -0.3 is 4.90 Å². The number of para-hydroxylation sites is 2. The molecule has 1 nitrogen and oxygen atoms in total. The minimum atomic E-state index is 1.15. The van der Waals surface area contributed by atoms with Gasteiger partial charge in [0.15, 0.2) is 0 Å². The molecule has 0 spiro atoms. The summed E-state index contributed by atoms with van der Waals surface area (Å²) in [5.41, 5.74) is 3.49. The van der Waals surface area contributed by atoms with Crippen LogP contribution in [0.5, 0.6) is 0 Å². The van der Waals surface area contributed by atoms with Crippen LogP contribution in [0.1, 0.15) is 0 Å². The fourth-order valence-electron chi connectivity index (χ4n) is 4.54. The van der Waals surface area contributed by atoms with E-state index in [4.69, 9.17) is 0 Å². The molecular formula is C30H21N. The van der Waals surface area contributed by atoms with Crippen molar-refractivity contribution in [2.75, 3.05) is 4.90 Å². The van der Waals surface area contributed by atoms with Gasteiger partial charge in [-0.05, 0) is 69.4 Å². The Kier molecular flexibility index (Phi) is 4.18. The fraction of sp³-hybridized carbons (Fsp3) is 0. The lowest BCUT2D eigenvalue weighted by Gasteiger charge is -2.27. The Morgan fingerprint density at radius 2 is 0.968 bits per heavy atom. The maximum Gasteiger partial charge on any atom is 0.0540 e. The molecule has 0 amide bonds.